The van der Waals surface area contributed by atoms with Crippen molar-refractivity contribution in [2.75, 3.05) is 12.4 Å². The van der Waals surface area contributed by atoms with Crippen molar-refractivity contribution in [3.8, 4) is 17.2 Å². The van der Waals surface area contributed by atoms with Crippen LogP contribution in [0.3, 0.4) is 0 Å². The second kappa shape index (κ2) is 20.8. The number of Topliss-reactive ketones (excluding diaryl/α,β-unsaturated/α-hetero) is 1. The van der Waals surface area contributed by atoms with Gasteiger partial charge in [-0.3, -0.25) is 23.6 Å². The number of nitrogens with zero attached hydrogens (tertiary/aromatic N) is 2. The summed E-state index contributed by atoms with van der Waals surface area (Å²) in [4.78, 5) is 59.3. The predicted molar refractivity (Wildman–Crippen MR) is 271 cm³/mol. The fourth-order valence-electron chi connectivity index (χ4n) is 9.65. The van der Waals surface area contributed by atoms with Crippen LogP contribution in [0.25, 0.3) is 38.4 Å². The van der Waals surface area contributed by atoms with Gasteiger partial charge in [-0.1, -0.05) is 64.1 Å². The number of carbonyl (C=O) groups is 4. The molecule has 3 aromatic carbocycles. The maximum atomic E-state index is 14.6. The van der Waals surface area contributed by atoms with Gasteiger partial charge in [0.25, 0.3) is 11.7 Å². The van der Waals surface area contributed by atoms with Crippen molar-refractivity contribution in [3.63, 3.8) is 0 Å². The van der Waals surface area contributed by atoms with Gasteiger partial charge < -0.3 is 60.5 Å². The summed E-state index contributed by atoms with van der Waals surface area (Å²) < 4.78 is 25.5. The van der Waals surface area contributed by atoms with Gasteiger partial charge in [0.1, 0.15) is 46.0 Å². The van der Waals surface area contributed by atoms with E-state index in [9.17, 15) is 39.6 Å². The van der Waals surface area contributed by atoms with Crippen molar-refractivity contribution in [1.29, 1.82) is 0 Å². The third-order valence-electron chi connectivity index (χ3n) is 14.0. The molecule has 0 saturated heterocycles. The van der Waals surface area contributed by atoms with E-state index in [-0.39, 0.29) is 55.7 Å². The molecule has 0 radical (unpaired) electrons. The molecule has 8 rings (SSSR count). The second-order valence-electron chi connectivity index (χ2n) is 19.1. The number of nitrogens with two attached hydrogens (primary N) is 1. The van der Waals surface area contributed by atoms with Crippen LogP contribution in [0, 0.1) is 37.5 Å². The first-order valence-corrected chi connectivity index (χ1v) is 23.7. The maximum Gasteiger partial charge on any atom is 0.320 e. The van der Waals surface area contributed by atoms with Gasteiger partial charge in [0, 0.05) is 90.9 Å². The number of carbonyl (C=O) groups excluding carboxylic acids is 3. The second-order valence-corrected chi connectivity index (χ2v) is 19.1. The van der Waals surface area contributed by atoms with Crippen LogP contribution in [0.15, 0.2) is 84.9 Å². The number of anilines is 1. The molecule has 0 unspecified atom stereocenters. The minimum atomic E-state index is -1.96. The zero-order valence-corrected chi connectivity index (χ0v) is 41.9. The summed E-state index contributed by atoms with van der Waals surface area (Å²) in [7, 11) is 1.46. The largest absolute Gasteiger partial charge is 0.507 e. The molecule has 2 aliphatic heterocycles. The van der Waals surface area contributed by atoms with Gasteiger partial charge in [-0.05, 0) is 56.2 Å². The Morgan fingerprint density at radius 1 is 0.972 bits per heavy atom. The average Bonchev–Trinajstić information content (AvgIpc) is 4.01. The number of pyridine rings is 1. The first kappa shape index (κ1) is 52.6. The number of ether oxygens (including phenoxy) is 4. The number of allylic oxidation sites excluding steroid dienone is 2. The SMILES string of the molecule is CO[C@H]1/C=C/O[C@@]2(C)Oc3c(C)c(O)c4c(O)c(c5c(nc6cc(C)ccn65)c4c3C2=O)NC(=O)/C(C)=C\C=C\[C@H](C)[C@H](O)[C@@H](C)[C@@H](O)[C@@H](C)[C@H](OC(C)=O)[C@@H]1C.N[C@@H](Cc1c[nH]c2ccccc12)C(=O)O. The number of aromatic amines is 1. The number of aromatic nitrogens is 3. The number of aliphatic hydroxyl groups excluding tert-OH is 2. The van der Waals surface area contributed by atoms with Crippen molar-refractivity contribution in [3.05, 3.63) is 107 Å². The van der Waals surface area contributed by atoms with Gasteiger partial charge >= 0.3 is 17.7 Å². The molecule has 0 aliphatic carbocycles. The van der Waals surface area contributed by atoms with Crippen molar-refractivity contribution >= 4 is 67.7 Å². The number of ketones is 1. The Morgan fingerprint density at radius 3 is 2.36 bits per heavy atom. The normalized spacial score (nSPS) is 27.1. The molecule has 0 fully saturated rings. The Kier molecular flexibility index (Phi) is 15.2. The summed E-state index contributed by atoms with van der Waals surface area (Å²) in [6.45, 7) is 14.7. The number of amides is 1. The molecular weight excluding hydrogens is 927 g/mol. The number of benzene rings is 3. The Balaban J connectivity index is 0.000000430. The molecule has 18 nitrogen and oxygen atoms in total. The third-order valence-corrected chi connectivity index (χ3v) is 14.0. The number of methoxy groups -OCH3 is 1. The molecule has 1 amide bonds. The lowest BCUT2D eigenvalue weighted by Gasteiger charge is -2.38. The van der Waals surface area contributed by atoms with Gasteiger partial charge in [0.2, 0.25) is 0 Å². The molecule has 0 saturated carbocycles. The number of para-hydroxylation sites is 1. The van der Waals surface area contributed by atoms with Crippen LogP contribution in [0.4, 0.5) is 5.69 Å². The van der Waals surface area contributed by atoms with Crippen molar-refractivity contribution in [2.45, 2.75) is 105 Å². The highest BCUT2D eigenvalue weighted by molar-refractivity contribution is 6.28. The quantitative estimate of drug-likeness (QED) is 0.0622. The number of aliphatic hydroxyl groups is 2. The van der Waals surface area contributed by atoms with Crippen molar-refractivity contribution in [2.24, 2.45) is 29.4 Å². The molecule has 3 aromatic heterocycles. The van der Waals surface area contributed by atoms with Crippen LogP contribution < -0.4 is 15.8 Å². The van der Waals surface area contributed by atoms with Crippen LogP contribution in [-0.4, -0.2) is 107 Å². The topological polar surface area (TPSA) is 277 Å². The van der Waals surface area contributed by atoms with Crippen molar-refractivity contribution < 1.29 is 63.7 Å². The molecule has 2 aliphatic rings. The number of imidazole rings is 1. The minimum absolute atomic E-state index is 0.0185. The number of carboxylic acids is 1. The molecule has 18 heteroatoms. The van der Waals surface area contributed by atoms with Gasteiger partial charge in [-0.25, -0.2) is 4.98 Å². The number of aryl methyl sites for hydroxylation is 1. The maximum absolute atomic E-state index is 14.6. The van der Waals surface area contributed by atoms with E-state index in [1.54, 1.807) is 63.4 Å². The number of nitrogens with one attached hydrogen (secondary N) is 2. The Bertz CT molecular complexity index is 3190. The van der Waals surface area contributed by atoms with Crippen LogP contribution in [-0.2, 0) is 35.0 Å². The summed E-state index contributed by atoms with van der Waals surface area (Å²) in [5.74, 6) is -7.93. The molecule has 72 heavy (non-hydrogen) atoms. The number of phenolic OH excluding ortho intramolecular Hbond substituents is 2. The molecule has 10 atom stereocenters. The number of aliphatic carboxylic acids is 1. The summed E-state index contributed by atoms with van der Waals surface area (Å²) in [5.41, 5.74) is 9.62. The molecular formula is C54H63N5O13. The van der Waals surface area contributed by atoms with Crippen LogP contribution in [0.1, 0.15) is 75.5 Å². The van der Waals surface area contributed by atoms with E-state index in [1.165, 1.54) is 40.2 Å². The van der Waals surface area contributed by atoms with E-state index in [0.717, 1.165) is 22.0 Å². The Labute approximate surface area is 415 Å². The highest BCUT2D eigenvalue weighted by Crippen LogP contribution is 2.54. The third kappa shape index (κ3) is 9.86. The summed E-state index contributed by atoms with van der Waals surface area (Å²) in [6.07, 6.45) is 7.78. The van der Waals surface area contributed by atoms with E-state index < -0.39 is 89.3 Å². The van der Waals surface area contributed by atoms with Crippen LogP contribution in [0.5, 0.6) is 17.2 Å². The van der Waals surface area contributed by atoms with Crippen LogP contribution in [0.2, 0.25) is 0 Å². The number of rotatable bonds is 5. The molecule has 6 aromatic rings. The molecule has 382 valence electrons. The van der Waals surface area contributed by atoms with Gasteiger partial charge in [0.05, 0.1) is 35.5 Å². The number of hydrogen-bond acceptors (Lipinski definition) is 14. The number of fused-ring (bicyclic) bond motifs is 3. The van der Waals surface area contributed by atoms with E-state index in [4.69, 9.17) is 34.8 Å². The number of esters is 1. The summed E-state index contributed by atoms with van der Waals surface area (Å²) in [5, 5.41) is 59.1. The van der Waals surface area contributed by atoms with E-state index in [0.29, 0.717) is 12.1 Å². The number of phenols is 2. The summed E-state index contributed by atoms with van der Waals surface area (Å²) in [6, 6.07) is 10.6. The lowest BCUT2D eigenvalue weighted by molar-refractivity contribution is -0.160. The van der Waals surface area contributed by atoms with Gasteiger partial charge in [-0.15, -0.1) is 0 Å². The Hall–Kier alpha value is -7.25. The predicted octanol–water partition coefficient (Wildman–Crippen LogP) is 7.28. The van der Waals surface area contributed by atoms with Crippen LogP contribution >= 0.6 is 0 Å². The van der Waals surface area contributed by atoms with Crippen molar-refractivity contribution in [1.82, 2.24) is 14.4 Å². The summed E-state index contributed by atoms with van der Waals surface area (Å²) >= 11 is 0. The number of carboxylic acid groups (broad SMARTS) is 1. The first-order valence-electron chi connectivity index (χ1n) is 23.7. The lowest BCUT2D eigenvalue weighted by atomic mass is 9.78. The first-order chi connectivity index (χ1) is 34.0. The Morgan fingerprint density at radius 2 is 1.68 bits per heavy atom. The monoisotopic (exact) mass is 989 g/mol. The number of aromatic hydroxyl groups is 2. The van der Waals surface area contributed by atoms with Gasteiger partial charge in [0.15, 0.2) is 5.75 Å². The standard InChI is InChI=1S/C43H51N3O11.C11H12N2O2/c1-19-14-16-46-28(18-19)44-32-29-30-37(50)25(7)40-31(29)41(52)43(9,57-40)55-17-15-27(54-10)22(4)39(56-26(8)47)24(6)36(49)23(5)35(48)20(2)12-11-13-21(3)42(53)45-33(34(32)46)38(30)51;12-9(11(14)15)5-7-6-13-10-4-2-1-3-8(7)10/h11-18,20,22-24,27,35-36,39,48-51H,1-10H3,(H,45,53);1-4,6,9,13H,5,12H2,(H,14,15)/b12-11+,17-15+,21-13-;/t20-,22+,23+,24+,27-,35-,36+,39+,43-;9-/m00/s1. The van der Waals surface area contributed by atoms with E-state index in [2.05, 4.69) is 10.3 Å². The smallest absolute Gasteiger partial charge is 0.320 e. The lowest BCUT2D eigenvalue weighted by Crippen LogP contribution is -2.46. The highest BCUT2D eigenvalue weighted by atomic mass is 16.7. The molecule has 9 N–H and O–H groups in total. The van der Waals surface area contributed by atoms with E-state index >= 15 is 0 Å². The number of H-pyrrole nitrogens is 1. The van der Waals surface area contributed by atoms with E-state index in [1.807, 2.05) is 49.5 Å². The zero-order valence-electron chi connectivity index (χ0n) is 41.9. The van der Waals surface area contributed by atoms with Gasteiger partial charge in [-0.2, -0.15) is 0 Å². The fourth-order valence-corrected chi connectivity index (χ4v) is 9.65. The average molecular weight is 990 g/mol. The number of hydrogen-bond donors (Lipinski definition) is 8. The molecule has 4 bridgehead atoms. The molecule has 0 spiro atoms. The highest BCUT2D eigenvalue weighted by Gasteiger charge is 2.50. The minimum Gasteiger partial charge on any atom is -0.507 e. The zero-order chi connectivity index (χ0) is 52.7. The fraction of sp³-hybridized carbons (Fsp3) is 0.389. The molecule has 5 heterocycles.